The minimum atomic E-state index is -0.786. The molecule has 7 heteroatoms. The van der Waals surface area contributed by atoms with E-state index in [-0.39, 0.29) is 6.04 Å². The lowest BCUT2D eigenvalue weighted by molar-refractivity contribution is -0.139. The lowest BCUT2D eigenvalue weighted by Crippen LogP contribution is -2.41. The average molecular weight is 389 g/mol. The molecule has 2 N–H and O–H groups in total. The van der Waals surface area contributed by atoms with E-state index < -0.39 is 11.8 Å². The molecule has 0 fully saturated rings. The number of carbonyl (C=O) groups is 2. The largest absolute Gasteiger partial charge is 0.345 e. The zero-order chi connectivity index (χ0) is 20.1. The second kappa shape index (κ2) is 8.86. The van der Waals surface area contributed by atoms with Gasteiger partial charge in [0.15, 0.2) is 0 Å². The summed E-state index contributed by atoms with van der Waals surface area (Å²) in [6.07, 6.45) is 2.28. The normalized spacial score (nSPS) is 12.2. The number of benzene rings is 1. The van der Waals surface area contributed by atoms with Crippen molar-refractivity contribution in [2.75, 3.05) is 0 Å². The maximum Gasteiger partial charge on any atom is 0.329 e. The van der Waals surface area contributed by atoms with Gasteiger partial charge < -0.3 is 9.88 Å². The van der Waals surface area contributed by atoms with E-state index in [0.29, 0.717) is 5.02 Å². The summed E-state index contributed by atoms with van der Waals surface area (Å²) >= 11 is 6.24. The molecule has 2 rings (SSSR count). The van der Waals surface area contributed by atoms with Crippen molar-refractivity contribution in [2.45, 2.75) is 47.1 Å². The first-order chi connectivity index (χ1) is 12.7. The first-order valence-corrected chi connectivity index (χ1v) is 9.21. The fourth-order valence-electron chi connectivity index (χ4n) is 2.64. The highest BCUT2D eigenvalue weighted by atomic mass is 35.5. The average Bonchev–Trinajstić information content (AvgIpc) is 2.90. The Hall–Kier alpha value is -2.60. The highest BCUT2D eigenvalue weighted by molar-refractivity contribution is 6.35. The van der Waals surface area contributed by atoms with E-state index >= 15 is 0 Å². The predicted molar refractivity (Wildman–Crippen MR) is 109 cm³/mol. The van der Waals surface area contributed by atoms with Crippen molar-refractivity contribution in [2.24, 2.45) is 5.10 Å². The second-order valence-electron chi connectivity index (χ2n) is 6.58. The topological polar surface area (TPSA) is 75.5 Å². The highest BCUT2D eigenvalue weighted by Gasteiger charge is 2.15. The number of amides is 2. The number of hydrogen-bond acceptors (Lipinski definition) is 3. The lowest BCUT2D eigenvalue weighted by Gasteiger charge is -2.11. The van der Waals surface area contributed by atoms with Gasteiger partial charge in [-0.1, -0.05) is 24.6 Å². The molecule has 0 spiro atoms. The van der Waals surface area contributed by atoms with Crippen LogP contribution in [0.25, 0.3) is 5.69 Å². The number of aryl methyl sites for hydroxylation is 2. The number of halogens is 1. The van der Waals surface area contributed by atoms with Gasteiger partial charge in [-0.15, -0.1) is 0 Å². The van der Waals surface area contributed by atoms with E-state index in [2.05, 4.69) is 20.4 Å². The Morgan fingerprint density at radius 2 is 1.93 bits per heavy atom. The molecule has 0 aliphatic heterocycles. The van der Waals surface area contributed by atoms with Gasteiger partial charge in [0.2, 0.25) is 0 Å². The zero-order valence-corrected chi connectivity index (χ0v) is 17.0. The Kier molecular flexibility index (Phi) is 6.80. The van der Waals surface area contributed by atoms with Crippen LogP contribution in [0.3, 0.4) is 0 Å². The number of aromatic nitrogens is 1. The van der Waals surface area contributed by atoms with Crippen molar-refractivity contribution in [1.82, 2.24) is 15.3 Å². The standard InChI is InChI=1S/C20H25ClN4O2/c1-6-13(3)23-19(26)20(27)24-22-11-16-9-14(4)25(15(16)5)17-8-7-12(2)18(21)10-17/h7-11,13H,6H2,1-5H3,(H,23,26)(H,24,27)/b22-11-/t13-/m1/s1. The molecule has 1 atom stereocenters. The van der Waals surface area contributed by atoms with Crippen LogP contribution in [0, 0.1) is 20.8 Å². The summed E-state index contributed by atoms with van der Waals surface area (Å²) in [7, 11) is 0. The zero-order valence-electron chi connectivity index (χ0n) is 16.3. The minimum Gasteiger partial charge on any atom is -0.345 e. The van der Waals surface area contributed by atoms with E-state index in [4.69, 9.17) is 11.6 Å². The molecule has 144 valence electrons. The van der Waals surface area contributed by atoms with Crippen molar-refractivity contribution >= 4 is 29.6 Å². The van der Waals surface area contributed by atoms with Gasteiger partial charge in [0, 0.05) is 33.7 Å². The minimum absolute atomic E-state index is 0.0625. The van der Waals surface area contributed by atoms with Gasteiger partial charge in [-0.05, 0) is 57.9 Å². The van der Waals surface area contributed by atoms with Gasteiger partial charge in [0.25, 0.3) is 0 Å². The highest BCUT2D eigenvalue weighted by Crippen LogP contribution is 2.24. The summed E-state index contributed by atoms with van der Waals surface area (Å²) in [5, 5.41) is 7.21. The van der Waals surface area contributed by atoms with Crippen LogP contribution in [0.2, 0.25) is 5.02 Å². The molecule has 0 unspecified atom stereocenters. The number of hydrazone groups is 1. The molecule has 0 bridgehead atoms. The molecular weight excluding hydrogens is 364 g/mol. The summed E-state index contributed by atoms with van der Waals surface area (Å²) in [6, 6.07) is 7.79. The molecule has 1 aromatic carbocycles. The number of nitrogens with one attached hydrogen (secondary N) is 2. The fourth-order valence-corrected chi connectivity index (χ4v) is 2.81. The van der Waals surface area contributed by atoms with Gasteiger partial charge in [-0.25, -0.2) is 5.43 Å². The van der Waals surface area contributed by atoms with Crippen LogP contribution >= 0.6 is 11.6 Å². The summed E-state index contributed by atoms with van der Waals surface area (Å²) < 4.78 is 2.06. The smallest absolute Gasteiger partial charge is 0.329 e. The Morgan fingerprint density at radius 1 is 1.22 bits per heavy atom. The molecule has 6 nitrogen and oxygen atoms in total. The number of nitrogens with zero attached hydrogens (tertiary/aromatic N) is 2. The first-order valence-electron chi connectivity index (χ1n) is 8.84. The van der Waals surface area contributed by atoms with Gasteiger partial charge >= 0.3 is 11.8 Å². The number of hydrogen-bond donors (Lipinski definition) is 2. The van der Waals surface area contributed by atoms with Crippen LogP contribution in [0.15, 0.2) is 29.4 Å². The van der Waals surface area contributed by atoms with Crippen LogP contribution in [0.1, 0.15) is 42.8 Å². The molecule has 0 aliphatic rings. The fraction of sp³-hybridized carbons (Fsp3) is 0.350. The molecule has 0 saturated carbocycles. The summed E-state index contributed by atoms with van der Waals surface area (Å²) in [5.74, 6) is -1.48. The van der Waals surface area contributed by atoms with Gasteiger partial charge in [-0.3, -0.25) is 9.59 Å². The monoisotopic (exact) mass is 388 g/mol. The van der Waals surface area contributed by atoms with Crippen molar-refractivity contribution in [3.63, 3.8) is 0 Å². The van der Waals surface area contributed by atoms with E-state index in [1.807, 2.05) is 58.9 Å². The Balaban J connectivity index is 2.14. The van der Waals surface area contributed by atoms with E-state index in [0.717, 1.165) is 34.6 Å². The predicted octanol–water partition coefficient (Wildman–Crippen LogP) is 3.42. The van der Waals surface area contributed by atoms with E-state index in [9.17, 15) is 9.59 Å². The third-order valence-electron chi connectivity index (χ3n) is 4.45. The van der Waals surface area contributed by atoms with Gasteiger partial charge in [-0.2, -0.15) is 5.10 Å². The van der Waals surface area contributed by atoms with Gasteiger partial charge in [0.05, 0.1) is 6.21 Å². The Labute approximate surface area is 164 Å². The molecule has 27 heavy (non-hydrogen) atoms. The van der Waals surface area contributed by atoms with Crippen molar-refractivity contribution in [3.05, 3.63) is 51.8 Å². The van der Waals surface area contributed by atoms with Crippen molar-refractivity contribution in [3.8, 4) is 5.69 Å². The van der Waals surface area contributed by atoms with Crippen LogP contribution in [0.5, 0.6) is 0 Å². The molecule has 0 radical (unpaired) electrons. The van der Waals surface area contributed by atoms with Crippen molar-refractivity contribution in [1.29, 1.82) is 0 Å². The SMILES string of the molecule is CC[C@@H](C)NC(=O)C(=O)N/N=C\c1cc(C)n(-c2ccc(C)c(Cl)c2)c1C. The molecule has 0 saturated heterocycles. The van der Waals surface area contributed by atoms with Crippen LogP contribution in [0.4, 0.5) is 0 Å². The van der Waals surface area contributed by atoms with Crippen LogP contribution in [-0.2, 0) is 9.59 Å². The second-order valence-corrected chi connectivity index (χ2v) is 6.98. The quantitative estimate of drug-likeness (QED) is 0.467. The third-order valence-corrected chi connectivity index (χ3v) is 4.86. The Bertz CT molecular complexity index is 886. The number of carbonyl (C=O) groups excluding carboxylic acids is 2. The van der Waals surface area contributed by atoms with E-state index in [1.54, 1.807) is 0 Å². The van der Waals surface area contributed by atoms with Gasteiger partial charge in [0.1, 0.15) is 0 Å². The maximum absolute atomic E-state index is 11.8. The Morgan fingerprint density at radius 3 is 2.56 bits per heavy atom. The van der Waals surface area contributed by atoms with Crippen molar-refractivity contribution < 1.29 is 9.59 Å². The lowest BCUT2D eigenvalue weighted by atomic mass is 10.2. The molecule has 2 amide bonds. The molecular formula is C20H25ClN4O2. The molecule has 0 aliphatic carbocycles. The molecule has 2 aromatic rings. The maximum atomic E-state index is 11.8. The summed E-state index contributed by atoms with van der Waals surface area (Å²) in [4.78, 5) is 23.5. The third kappa shape index (κ3) is 4.98. The summed E-state index contributed by atoms with van der Waals surface area (Å²) in [6.45, 7) is 9.66. The summed E-state index contributed by atoms with van der Waals surface area (Å²) in [5.41, 5.74) is 7.04. The van der Waals surface area contributed by atoms with Crippen LogP contribution < -0.4 is 10.7 Å². The van der Waals surface area contributed by atoms with Crippen LogP contribution in [-0.4, -0.2) is 28.6 Å². The molecule has 1 heterocycles. The number of rotatable bonds is 5. The van der Waals surface area contributed by atoms with E-state index in [1.165, 1.54) is 6.21 Å². The molecule has 1 aromatic heterocycles. The first kappa shape index (κ1) is 20.7.